The highest BCUT2D eigenvalue weighted by Gasteiger charge is 2.39. The fraction of sp³-hybridized carbons (Fsp3) is 0.567. The van der Waals surface area contributed by atoms with Gasteiger partial charge in [-0.15, -0.1) is 0 Å². The van der Waals surface area contributed by atoms with Gasteiger partial charge in [0.05, 0.1) is 34.7 Å². The van der Waals surface area contributed by atoms with E-state index >= 15 is 0 Å². The summed E-state index contributed by atoms with van der Waals surface area (Å²) in [5.74, 6) is -2.10. The van der Waals surface area contributed by atoms with Crippen molar-refractivity contribution in [2.45, 2.75) is 96.7 Å². The molecular formula is C30H44N3O8P. The van der Waals surface area contributed by atoms with E-state index in [0.717, 1.165) is 82.4 Å². The van der Waals surface area contributed by atoms with Gasteiger partial charge in [-0.25, -0.2) is 0 Å². The number of carbonyl (C=O) groups is 1. The molecule has 0 aliphatic rings. The van der Waals surface area contributed by atoms with Gasteiger partial charge in [0.15, 0.2) is 5.78 Å². The normalized spacial score (nSPS) is 12.1. The molecule has 1 N–H and O–H groups in total. The van der Waals surface area contributed by atoms with Crippen LogP contribution in [0.4, 0.5) is 11.4 Å². The maximum atomic E-state index is 14.4. The standard InChI is InChI=1S/C30H44N3O8P/c1-3-5-7-9-11-16-20-40-42(39,41-21-17-12-10-8-6-4-2)30(25-18-14-13-15-19-25)31-29(34)26-22-27(32(35)36)24-28(23-26)33(37)38/h13-15,18-19,22-24,30H,3-12,16-17,20-21H2,1-2H3,(H,31,34). The third kappa shape index (κ3) is 12.0. The summed E-state index contributed by atoms with van der Waals surface area (Å²) < 4.78 is 26.3. The number of hydrogen-bond acceptors (Lipinski definition) is 8. The molecule has 12 heteroatoms. The minimum Gasteiger partial charge on any atom is -0.334 e. The molecule has 2 aromatic rings. The van der Waals surface area contributed by atoms with E-state index in [1.165, 1.54) is 0 Å². The molecule has 1 amide bonds. The smallest absolute Gasteiger partial charge is 0.334 e. The Morgan fingerprint density at radius 1 is 0.762 bits per heavy atom. The van der Waals surface area contributed by atoms with Gasteiger partial charge in [0, 0.05) is 12.1 Å². The molecule has 0 spiro atoms. The second kappa shape index (κ2) is 19.1. The van der Waals surface area contributed by atoms with E-state index in [2.05, 4.69) is 19.2 Å². The molecule has 0 fully saturated rings. The van der Waals surface area contributed by atoms with Crippen molar-refractivity contribution in [2.75, 3.05) is 13.2 Å². The van der Waals surface area contributed by atoms with Crippen LogP contribution in [0.15, 0.2) is 48.5 Å². The molecule has 0 saturated heterocycles. The first-order valence-electron chi connectivity index (χ1n) is 14.9. The van der Waals surface area contributed by atoms with Crippen LogP contribution in [0, 0.1) is 20.2 Å². The lowest BCUT2D eigenvalue weighted by molar-refractivity contribution is -0.394. The van der Waals surface area contributed by atoms with E-state index in [1.807, 2.05) is 0 Å². The number of nitro groups is 2. The molecule has 1 unspecified atom stereocenters. The molecular weight excluding hydrogens is 561 g/mol. The molecule has 0 bridgehead atoms. The summed E-state index contributed by atoms with van der Waals surface area (Å²) in [5, 5.41) is 25.4. The summed E-state index contributed by atoms with van der Waals surface area (Å²) in [6.07, 6.45) is 12.0. The highest BCUT2D eigenvalue weighted by molar-refractivity contribution is 7.54. The van der Waals surface area contributed by atoms with Crippen molar-refractivity contribution in [3.8, 4) is 0 Å². The third-order valence-corrected chi connectivity index (χ3v) is 8.97. The topological polar surface area (TPSA) is 151 Å². The maximum Gasteiger partial charge on any atom is 0.357 e. The Kier molecular flexibility index (Phi) is 16.0. The second-order valence-electron chi connectivity index (χ2n) is 10.3. The van der Waals surface area contributed by atoms with Crippen LogP contribution in [0.25, 0.3) is 0 Å². The minimum absolute atomic E-state index is 0.168. The van der Waals surface area contributed by atoms with Gasteiger partial charge in [0.2, 0.25) is 0 Å². The van der Waals surface area contributed by atoms with Gasteiger partial charge in [0.1, 0.15) is 0 Å². The van der Waals surface area contributed by atoms with E-state index in [0.29, 0.717) is 18.4 Å². The Labute approximate surface area is 248 Å². The zero-order chi connectivity index (χ0) is 30.8. The molecule has 0 aliphatic carbocycles. The SMILES string of the molecule is CCCCCCCCOP(=O)(OCCCCCCCC)C(NC(=O)c1cc([N+](=O)[O-])cc([N+](=O)[O-])c1)c1ccccc1. The number of non-ortho nitro benzene ring substituents is 2. The Balaban J connectivity index is 2.32. The average molecular weight is 606 g/mol. The molecule has 1 atom stereocenters. The van der Waals surface area contributed by atoms with E-state index in [-0.39, 0.29) is 18.8 Å². The summed E-state index contributed by atoms with van der Waals surface area (Å²) in [5.41, 5.74) is -1.06. The van der Waals surface area contributed by atoms with Crippen LogP contribution >= 0.6 is 7.60 Å². The number of nitrogens with zero attached hydrogens (tertiary/aromatic N) is 2. The van der Waals surface area contributed by atoms with Crippen LogP contribution in [0.2, 0.25) is 0 Å². The first kappa shape index (κ1) is 35.1. The molecule has 0 aromatic heterocycles. The van der Waals surface area contributed by atoms with E-state index < -0.39 is 40.5 Å². The number of carbonyl (C=O) groups excluding carboxylic acids is 1. The minimum atomic E-state index is -4.01. The van der Waals surface area contributed by atoms with E-state index in [9.17, 15) is 29.6 Å². The molecule has 2 aromatic carbocycles. The van der Waals surface area contributed by atoms with Crippen molar-refractivity contribution in [1.82, 2.24) is 5.32 Å². The Morgan fingerprint density at radius 2 is 1.21 bits per heavy atom. The second-order valence-corrected chi connectivity index (χ2v) is 12.4. The number of hydrogen-bond donors (Lipinski definition) is 1. The fourth-order valence-corrected chi connectivity index (χ4v) is 6.41. The Morgan fingerprint density at radius 3 is 1.67 bits per heavy atom. The maximum absolute atomic E-state index is 14.4. The van der Waals surface area contributed by atoms with Gasteiger partial charge in [-0.2, -0.15) is 0 Å². The van der Waals surface area contributed by atoms with Crippen LogP contribution in [0.3, 0.4) is 0 Å². The zero-order valence-corrected chi connectivity index (χ0v) is 25.6. The number of unbranched alkanes of at least 4 members (excludes halogenated alkanes) is 10. The van der Waals surface area contributed by atoms with Crippen LogP contribution in [0.5, 0.6) is 0 Å². The highest BCUT2D eigenvalue weighted by Crippen LogP contribution is 2.60. The molecule has 0 radical (unpaired) electrons. The van der Waals surface area contributed by atoms with Crippen LogP contribution < -0.4 is 5.32 Å². The Hall–Kier alpha value is -3.14. The number of rotatable bonds is 22. The molecule has 0 aliphatic heterocycles. The monoisotopic (exact) mass is 605 g/mol. The zero-order valence-electron chi connectivity index (χ0n) is 24.7. The summed E-state index contributed by atoms with van der Waals surface area (Å²) in [4.78, 5) is 34.5. The molecule has 2 rings (SSSR count). The predicted octanol–water partition coefficient (Wildman–Crippen LogP) is 8.88. The van der Waals surface area contributed by atoms with Gasteiger partial charge >= 0.3 is 7.60 Å². The molecule has 232 valence electrons. The number of nitrogens with one attached hydrogen (secondary N) is 1. The van der Waals surface area contributed by atoms with Gasteiger partial charge < -0.3 is 14.4 Å². The highest BCUT2D eigenvalue weighted by atomic mass is 31.2. The van der Waals surface area contributed by atoms with E-state index in [4.69, 9.17) is 9.05 Å². The van der Waals surface area contributed by atoms with Crippen LogP contribution in [0.1, 0.15) is 113 Å². The molecule has 11 nitrogen and oxygen atoms in total. The van der Waals surface area contributed by atoms with Gasteiger partial charge in [-0.1, -0.05) is 108 Å². The van der Waals surface area contributed by atoms with Gasteiger partial charge in [-0.05, 0) is 18.4 Å². The molecule has 42 heavy (non-hydrogen) atoms. The number of benzene rings is 2. The summed E-state index contributed by atoms with van der Waals surface area (Å²) in [6.45, 7) is 4.62. The van der Waals surface area contributed by atoms with Crippen molar-refractivity contribution < 1.29 is 28.3 Å². The first-order valence-corrected chi connectivity index (χ1v) is 16.5. The summed E-state index contributed by atoms with van der Waals surface area (Å²) in [6, 6.07) is 11.2. The van der Waals surface area contributed by atoms with Gasteiger partial charge in [0.25, 0.3) is 17.3 Å². The quantitative estimate of drug-likeness (QED) is 0.0605. The lowest BCUT2D eigenvalue weighted by Crippen LogP contribution is -2.30. The van der Waals surface area contributed by atoms with E-state index in [1.54, 1.807) is 30.3 Å². The Bertz CT molecular complexity index is 1120. The lowest BCUT2D eigenvalue weighted by Gasteiger charge is -2.28. The number of nitro benzene ring substituents is 2. The number of amides is 1. The summed E-state index contributed by atoms with van der Waals surface area (Å²) in [7, 11) is -4.01. The lowest BCUT2D eigenvalue weighted by atomic mass is 10.1. The molecule has 0 heterocycles. The van der Waals surface area contributed by atoms with Crippen molar-refractivity contribution in [1.29, 1.82) is 0 Å². The van der Waals surface area contributed by atoms with Gasteiger partial charge in [-0.3, -0.25) is 29.6 Å². The largest absolute Gasteiger partial charge is 0.357 e. The van der Waals surface area contributed by atoms with Crippen molar-refractivity contribution in [2.24, 2.45) is 0 Å². The van der Waals surface area contributed by atoms with Crippen molar-refractivity contribution in [3.63, 3.8) is 0 Å². The molecule has 0 saturated carbocycles. The van der Waals surface area contributed by atoms with Crippen molar-refractivity contribution >= 4 is 24.9 Å². The van der Waals surface area contributed by atoms with Crippen LogP contribution in [-0.2, 0) is 13.6 Å². The predicted molar refractivity (Wildman–Crippen MR) is 163 cm³/mol. The van der Waals surface area contributed by atoms with Crippen LogP contribution in [-0.4, -0.2) is 29.0 Å². The summed E-state index contributed by atoms with van der Waals surface area (Å²) >= 11 is 0. The fourth-order valence-electron chi connectivity index (χ4n) is 4.46. The average Bonchev–Trinajstić information content (AvgIpc) is 2.99. The van der Waals surface area contributed by atoms with Crippen molar-refractivity contribution in [3.05, 3.63) is 79.9 Å². The third-order valence-electron chi connectivity index (χ3n) is 6.82. The first-order chi connectivity index (χ1) is 20.2.